The lowest BCUT2D eigenvalue weighted by atomic mass is 9.75. The van der Waals surface area contributed by atoms with Gasteiger partial charge in [0.1, 0.15) is 6.61 Å². The van der Waals surface area contributed by atoms with Crippen LogP contribution < -0.4 is 0 Å². The van der Waals surface area contributed by atoms with Gasteiger partial charge in [-0.2, -0.15) is 0 Å². The number of hydrogen-bond donors (Lipinski definition) is 1. The van der Waals surface area contributed by atoms with Gasteiger partial charge in [-0.1, -0.05) is 47.0 Å². The van der Waals surface area contributed by atoms with Gasteiger partial charge in [-0.25, -0.2) is 0 Å². The monoisotopic (exact) mass is 349 g/mol. The second-order valence-corrected chi connectivity index (χ2v) is 6.85. The van der Waals surface area contributed by atoms with Crippen molar-refractivity contribution >= 4 is 18.4 Å². The molecule has 1 fully saturated rings. The predicted molar refractivity (Wildman–Crippen MR) is 96.9 cm³/mol. The van der Waals surface area contributed by atoms with Crippen molar-refractivity contribution in [3.8, 4) is 0 Å². The summed E-state index contributed by atoms with van der Waals surface area (Å²) in [5.41, 5.74) is 0. The number of rotatable bonds is 9. The Morgan fingerprint density at radius 3 is 2.22 bits per heavy atom. The van der Waals surface area contributed by atoms with E-state index in [1.807, 2.05) is 13.8 Å². The van der Waals surface area contributed by atoms with Crippen molar-refractivity contribution in [2.45, 2.75) is 65.9 Å². The van der Waals surface area contributed by atoms with Crippen molar-refractivity contribution in [2.75, 3.05) is 26.2 Å². The molecule has 1 rings (SSSR count). The van der Waals surface area contributed by atoms with Crippen molar-refractivity contribution in [1.82, 2.24) is 4.90 Å². The first-order valence-electron chi connectivity index (χ1n) is 9.08. The summed E-state index contributed by atoms with van der Waals surface area (Å²) in [4.78, 5) is 14.8. The summed E-state index contributed by atoms with van der Waals surface area (Å²) in [7, 11) is 0. The van der Waals surface area contributed by atoms with Crippen LogP contribution in [0.5, 0.6) is 0 Å². The lowest BCUT2D eigenvalue weighted by Gasteiger charge is -2.33. The van der Waals surface area contributed by atoms with Crippen LogP contribution in [-0.4, -0.2) is 48.3 Å². The highest BCUT2D eigenvalue weighted by Crippen LogP contribution is 2.34. The highest BCUT2D eigenvalue weighted by atomic mass is 35.5. The van der Waals surface area contributed by atoms with Gasteiger partial charge < -0.3 is 14.7 Å². The Morgan fingerprint density at radius 2 is 1.74 bits per heavy atom. The maximum Gasteiger partial charge on any atom is 0.311 e. The summed E-state index contributed by atoms with van der Waals surface area (Å²) in [5, 5.41) is 10.5. The van der Waals surface area contributed by atoms with E-state index in [0.717, 1.165) is 32.5 Å². The maximum absolute atomic E-state index is 12.5. The SMILES string of the molecule is CCN(CC)CCOC(=O)C(C1CCCCC1)C(O)C(C)C.Cl. The molecule has 0 amide bonds. The molecule has 0 spiro atoms. The molecule has 0 heterocycles. The van der Waals surface area contributed by atoms with Crippen molar-refractivity contribution in [3.05, 3.63) is 0 Å². The van der Waals surface area contributed by atoms with E-state index in [1.54, 1.807) is 0 Å². The van der Waals surface area contributed by atoms with Gasteiger partial charge in [0.2, 0.25) is 0 Å². The van der Waals surface area contributed by atoms with Crippen LogP contribution in [0.15, 0.2) is 0 Å². The van der Waals surface area contributed by atoms with Crippen LogP contribution in [0.3, 0.4) is 0 Å². The topological polar surface area (TPSA) is 49.8 Å². The fourth-order valence-electron chi connectivity index (χ4n) is 3.43. The molecule has 1 aliphatic carbocycles. The molecule has 0 aliphatic heterocycles. The molecular weight excluding hydrogens is 314 g/mol. The molecule has 1 saturated carbocycles. The summed E-state index contributed by atoms with van der Waals surface area (Å²) in [5.74, 6) is -0.174. The average Bonchev–Trinajstić information content (AvgIpc) is 2.52. The van der Waals surface area contributed by atoms with E-state index in [1.165, 1.54) is 19.3 Å². The fraction of sp³-hybridized carbons (Fsp3) is 0.944. The highest BCUT2D eigenvalue weighted by molar-refractivity contribution is 5.85. The first-order chi connectivity index (χ1) is 10.5. The van der Waals surface area contributed by atoms with E-state index in [2.05, 4.69) is 18.7 Å². The van der Waals surface area contributed by atoms with Gasteiger partial charge >= 0.3 is 5.97 Å². The Morgan fingerprint density at radius 1 is 1.17 bits per heavy atom. The Labute approximate surface area is 148 Å². The first-order valence-corrected chi connectivity index (χ1v) is 9.08. The Balaban J connectivity index is 0.00000484. The third kappa shape index (κ3) is 7.40. The summed E-state index contributed by atoms with van der Waals surface area (Å²) in [6.45, 7) is 11.3. The molecule has 0 aromatic carbocycles. The number of esters is 1. The normalized spacial score (nSPS) is 18.6. The summed E-state index contributed by atoms with van der Waals surface area (Å²) < 4.78 is 5.52. The van der Waals surface area contributed by atoms with Gasteiger partial charge in [0.15, 0.2) is 0 Å². The maximum atomic E-state index is 12.5. The minimum Gasteiger partial charge on any atom is -0.464 e. The minimum atomic E-state index is -0.593. The zero-order chi connectivity index (χ0) is 16.5. The second kappa shape index (κ2) is 12.1. The van der Waals surface area contributed by atoms with E-state index in [0.29, 0.717) is 6.61 Å². The molecule has 0 aromatic heterocycles. The molecule has 0 aromatic rings. The molecule has 2 atom stereocenters. The highest BCUT2D eigenvalue weighted by Gasteiger charge is 2.37. The van der Waals surface area contributed by atoms with Gasteiger partial charge in [-0.15, -0.1) is 12.4 Å². The molecule has 1 aliphatic rings. The predicted octanol–water partition coefficient (Wildman–Crippen LogP) is 3.51. The largest absolute Gasteiger partial charge is 0.464 e. The zero-order valence-corrected chi connectivity index (χ0v) is 16.1. The molecule has 0 bridgehead atoms. The molecular formula is C18H36ClNO3. The van der Waals surface area contributed by atoms with E-state index < -0.39 is 6.10 Å². The molecule has 5 heteroatoms. The van der Waals surface area contributed by atoms with Crippen LogP contribution in [0.25, 0.3) is 0 Å². The van der Waals surface area contributed by atoms with Crippen LogP contribution in [0.2, 0.25) is 0 Å². The summed E-state index contributed by atoms with van der Waals surface area (Å²) >= 11 is 0. The summed E-state index contributed by atoms with van der Waals surface area (Å²) in [6, 6.07) is 0. The lowest BCUT2D eigenvalue weighted by Crippen LogP contribution is -2.40. The van der Waals surface area contributed by atoms with Crippen LogP contribution in [0.1, 0.15) is 59.8 Å². The third-order valence-electron chi connectivity index (χ3n) is 5.03. The molecule has 1 N–H and O–H groups in total. The summed E-state index contributed by atoms with van der Waals surface area (Å²) in [6.07, 6.45) is 5.07. The van der Waals surface area contributed by atoms with Crippen molar-refractivity contribution in [3.63, 3.8) is 0 Å². The quantitative estimate of drug-likeness (QED) is 0.647. The molecule has 138 valence electrons. The van der Waals surface area contributed by atoms with Gasteiger partial charge in [-0.3, -0.25) is 4.79 Å². The van der Waals surface area contributed by atoms with Crippen LogP contribution in [0.4, 0.5) is 0 Å². The minimum absolute atomic E-state index is 0. The Hall–Kier alpha value is -0.320. The number of hydrogen-bond acceptors (Lipinski definition) is 4. The zero-order valence-electron chi connectivity index (χ0n) is 15.3. The standard InChI is InChI=1S/C18H35NO3.ClH/c1-5-19(6-2)12-13-22-18(21)16(17(20)14(3)4)15-10-8-7-9-11-15;/h14-17,20H,5-13H2,1-4H3;1H. The fourth-order valence-corrected chi connectivity index (χ4v) is 3.43. The number of carbonyl (C=O) groups excluding carboxylic acids is 1. The lowest BCUT2D eigenvalue weighted by molar-refractivity contribution is -0.158. The molecule has 2 unspecified atom stereocenters. The van der Waals surface area contributed by atoms with Crippen molar-refractivity contribution in [2.24, 2.45) is 17.8 Å². The molecule has 0 radical (unpaired) electrons. The number of aliphatic hydroxyl groups is 1. The van der Waals surface area contributed by atoms with E-state index in [9.17, 15) is 9.90 Å². The Kier molecular flexibility index (Phi) is 11.9. The first kappa shape index (κ1) is 22.7. The van der Waals surface area contributed by atoms with E-state index >= 15 is 0 Å². The van der Waals surface area contributed by atoms with Crippen LogP contribution >= 0.6 is 12.4 Å². The number of ether oxygens (including phenoxy) is 1. The van der Waals surface area contributed by atoms with Gasteiger partial charge in [0.25, 0.3) is 0 Å². The third-order valence-corrected chi connectivity index (χ3v) is 5.03. The number of carbonyl (C=O) groups is 1. The molecule has 4 nitrogen and oxygen atoms in total. The van der Waals surface area contributed by atoms with Gasteiger partial charge in [-0.05, 0) is 37.8 Å². The molecule has 0 saturated heterocycles. The number of nitrogens with zero attached hydrogens (tertiary/aromatic N) is 1. The van der Waals surface area contributed by atoms with E-state index in [-0.39, 0.29) is 36.1 Å². The van der Waals surface area contributed by atoms with Crippen LogP contribution in [0, 0.1) is 17.8 Å². The smallest absolute Gasteiger partial charge is 0.311 e. The van der Waals surface area contributed by atoms with E-state index in [4.69, 9.17) is 4.74 Å². The van der Waals surface area contributed by atoms with Gasteiger partial charge in [0, 0.05) is 6.54 Å². The average molecular weight is 350 g/mol. The number of aliphatic hydroxyl groups excluding tert-OH is 1. The second-order valence-electron chi connectivity index (χ2n) is 6.85. The van der Waals surface area contributed by atoms with Crippen LogP contribution in [-0.2, 0) is 9.53 Å². The van der Waals surface area contributed by atoms with Gasteiger partial charge in [0.05, 0.1) is 12.0 Å². The van der Waals surface area contributed by atoms with Crippen molar-refractivity contribution < 1.29 is 14.6 Å². The number of likely N-dealkylation sites (N-methyl/N-ethyl adjacent to an activating group) is 1. The molecule has 23 heavy (non-hydrogen) atoms. The number of halogens is 1. The van der Waals surface area contributed by atoms with Crippen molar-refractivity contribution in [1.29, 1.82) is 0 Å². The Bertz CT molecular complexity index is 315.